The van der Waals surface area contributed by atoms with Crippen LogP contribution >= 0.6 is 31.9 Å². The van der Waals surface area contributed by atoms with Gasteiger partial charge in [-0.1, -0.05) is 25.1 Å². The molecule has 0 N–H and O–H groups in total. The van der Waals surface area contributed by atoms with E-state index in [1.807, 2.05) is 31.2 Å². The number of carbonyl (C=O) groups is 2. The Morgan fingerprint density at radius 1 is 1.12 bits per heavy atom. The highest BCUT2D eigenvalue weighted by atomic mass is 79.9. The number of benzene rings is 2. The lowest BCUT2D eigenvalue weighted by Crippen LogP contribution is -2.06. The summed E-state index contributed by atoms with van der Waals surface area (Å²) in [5.41, 5.74) is 1.73. The molecule has 0 radical (unpaired) electrons. The second-order valence-corrected chi connectivity index (χ2v) is 7.15. The minimum absolute atomic E-state index is 0.141. The summed E-state index contributed by atoms with van der Waals surface area (Å²) in [5, 5.41) is 0.792. The molecule has 0 amide bonds. The van der Waals surface area contributed by atoms with Crippen molar-refractivity contribution in [2.24, 2.45) is 0 Å². The molecule has 0 aliphatic carbocycles. The van der Waals surface area contributed by atoms with Crippen LogP contribution in [0.5, 0.6) is 5.75 Å². The molecule has 1 aromatic heterocycles. The van der Waals surface area contributed by atoms with Crippen LogP contribution in [0.25, 0.3) is 11.0 Å². The van der Waals surface area contributed by atoms with Gasteiger partial charge in [-0.05, 0) is 50.1 Å². The number of esters is 1. The van der Waals surface area contributed by atoms with E-state index in [1.54, 1.807) is 12.1 Å². The van der Waals surface area contributed by atoms with Gasteiger partial charge in [0.2, 0.25) is 0 Å². The number of ether oxygens (including phenoxy) is 1. The SMILES string of the molecule is CCc1oc2ccccc2c1C(=O)c1cc(Br)c(OC(C)=O)c(Br)c1. The maximum Gasteiger partial charge on any atom is 0.308 e. The van der Waals surface area contributed by atoms with E-state index in [9.17, 15) is 9.59 Å². The number of furan rings is 1. The van der Waals surface area contributed by atoms with E-state index >= 15 is 0 Å². The van der Waals surface area contributed by atoms with E-state index < -0.39 is 5.97 Å². The first-order valence-corrected chi connectivity index (χ1v) is 9.23. The Labute approximate surface area is 161 Å². The van der Waals surface area contributed by atoms with E-state index in [0.717, 1.165) is 5.39 Å². The zero-order chi connectivity index (χ0) is 18.1. The number of ketones is 1. The molecule has 1 heterocycles. The standard InChI is InChI=1S/C19H14Br2O4/c1-3-15-17(12-6-4-5-7-16(12)25-15)18(23)11-8-13(20)19(14(21)9-11)24-10(2)22/h4-9H,3H2,1-2H3. The van der Waals surface area contributed by atoms with Crippen LogP contribution in [0.2, 0.25) is 0 Å². The molecule has 0 saturated heterocycles. The number of hydrogen-bond acceptors (Lipinski definition) is 4. The van der Waals surface area contributed by atoms with Crippen molar-refractivity contribution in [1.82, 2.24) is 0 Å². The van der Waals surface area contributed by atoms with Crippen LogP contribution < -0.4 is 4.74 Å². The van der Waals surface area contributed by atoms with Crippen molar-refractivity contribution < 1.29 is 18.7 Å². The van der Waals surface area contributed by atoms with Crippen LogP contribution in [0.1, 0.15) is 35.5 Å². The molecular formula is C19H14Br2O4. The Bertz CT molecular complexity index is 965. The first-order chi connectivity index (χ1) is 11.9. The monoisotopic (exact) mass is 464 g/mol. The fourth-order valence-electron chi connectivity index (χ4n) is 2.67. The molecule has 3 aromatic rings. The molecule has 6 heteroatoms. The first kappa shape index (κ1) is 17.9. The Morgan fingerprint density at radius 3 is 2.36 bits per heavy atom. The topological polar surface area (TPSA) is 56.5 Å². The van der Waals surface area contributed by atoms with Gasteiger partial charge in [-0.15, -0.1) is 0 Å². The van der Waals surface area contributed by atoms with Gasteiger partial charge in [-0.25, -0.2) is 0 Å². The van der Waals surface area contributed by atoms with Crippen LogP contribution in [0.3, 0.4) is 0 Å². The zero-order valence-electron chi connectivity index (χ0n) is 13.6. The number of rotatable bonds is 4. The summed E-state index contributed by atoms with van der Waals surface area (Å²) >= 11 is 6.72. The van der Waals surface area contributed by atoms with Gasteiger partial charge in [0.25, 0.3) is 0 Å². The van der Waals surface area contributed by atoms with Crippen molar-refractivity contribution in [2.45, 2.75) is 20.3 Å². The number of fused-ring (bicyclic) bond motifs is 1. The maximum atomic E-state index is 13.1. The molecule has 0 aliphatic heterocycles. The van der Waals surface area contributed by atoms with Crippen molar-refractivity contribution in [3.8, 4) is 5.75 Å². The first-order valence-electron chi connectivity index (χ1n) is 7.65. The van der Waals surface area contributed by atoms with Gasteiger partial charge in [0.05, 0.1) is 14.5 Å². The molecule has 3 rings (SSSR count). The molecule has 0 unspecified atom stereocenters. The van der Waals surface area contributed by atoms with Gasteiger partial charge >= 0.3 is 5.97 Å². The quantitative estimate of drug-likeness (QED) is 0.282. The molecule has 4 nitrogen and oxygen atoms in total. The number of carbonyl (C=O) groups excluding carboxylic acids is 2. The third-order valence-electron chi connectivity index (χ3n) is 3.72. The summed E-state index contributed by atoms with van der Waals surface area (Å²) in [6.07, 6.45) is 0.615. The minimum Gasteiger partial charge on any atom is -0.460 e. The zero-order valence-corrected chi connectivity index (χ0v) is 16.7. The third-order valence-corrected chi connectivity index (χ3v) is 4.90. The van der Waals surface area contributed by atoms with Crippen molar-refractivity contribution in [3.05, 3.63) is 62.2 Å². The summed E-state index contributed by atoms with van der Waals surface area (Å²) in [6.45, 7) is 3.27. The highest BCUT2D eigenvalue weighted by molar-refractivity contribution is 9.11. The fourth-order valence-corrected chi connectivity index (χ4v) is 4.02. The second kappa shape index (κ2) is 7.14. The number of hydrogen-bond donors (Lipinski definition) is 0. The van der Waals surface area contributed by atoms with E-state index in [0.29, 0.717) is 43.6 Å². The molecular weight excluding hydrogens is 452 g/mol. The molecule has 0 saturated carbocycles. The second-order valence-electron chi connectivity index (χ2n) is 5.44. The third kappa shape index (κ3) is 3.41. The van der Waals surface area contributed by atoms with Crippen molar-refractivity contribution in [2.75, 3.05) is 0 Å². The van der Waals surface area contributed by atoms with Gasteiger partial charge in [0, 0.05) is 24.3 Å². The highest BCUT2D eigenvalue weighted by Gasteiger charge is 2.23. The molecule has 0 aliphatic rings. The lowest BCUT2D eigenvalue weighted by atomic mass is 9.99. The number of halogens is 2. The largest absolute Gasteiger partial charge is 0.460 e. The molecule has 0 bridgehead atoms. The minimum atomic E-state index is -0.436. The average Bonchev–Trinajstić information content (AvgIpc) is 2.95. The van der Waals surface area contributed by atoms with E-state index in [4.69, 9.17) is 9.15 Å². The van der Waals surface area contributed by atoms with Gasteiger partial charge in [0.15, 0.2) is 11.5 Å². The van der Waals surface area contributed by atoms with Gasteiger partial charge in [-0.3, -0.25) is 9.59 Å². The normalized spacial score (nSPS) is 10.9. The predicted octanol–water partition coefficient (Wildman–Crippen LogP) is 5.68. The van der Waals surface area contributed by atoms with Crippen LogP contribution in [0.15, 0.2) is 49.8 Å². The molecule has 0 spiro atoms. The molecule has 2 aromatic carbocycles. The predicted molar refractivity (Wildman–Crippen MR) is 102 cm³/mol. The number of aryl methyl sites for hydroxylation is 1. The van der Waals surface area contributed by atoms with Crippen molar-refractivity contribution >= 4 is 54.6 Å². The van der Waals surface area contributed by atoms with Crippen LogP contribution in [0, 0.1) is 0 Å². The van der Waals surface area contributed by atoms with Crippen LogP contribution in [-0.4, -0.2) is 11.8 Å². The van der Waals surface area contributed by atoms with Crippen LogP contribution in [0.4, 0.5) is 0 Å². The van der Waals surface area contributed by atoms with Crippen molar-refractivity contribution in [3.63, 3.8) is 0 Å². The summed E-state index contributed by atoms with van der Waals surface area (Å²) in [5.74, 6) is 0.423. The smallest absolute Gasteiger partial charge is 0.308 e. The Balaban J connectivity index is 2.12. The molecule has 25 heavy (non-hydrogen) atoms. The summed E-state index contributed by atoms with van der Waals surface area (Å²) in [6, 6.07) is 10.8. The lowest BCUT2D eigenvalue weighted by Gasteiger charge is -2.09. The fraction of sp³-hybridized carbons (Fsp3) is 0.158. The number of para-hydroxylation sites is 1. The molecule has 128 valence electrons. The molecule has 0 fully saturated rings. The Hall–Kier alpha value is -1.92. The van der Waals surface area contributed by atoms with Gasteiger partial charge in [0.1, 0.15) is 11.3 Å². The van der Waals surface area contributed by atoms with E-state index in [1.165, 1.54) is 6.92 Å². The van der Waals surface area contributed by atoms with Gasteiger partial charge < -0.3 is 9.15 Å². The highest BCUT2D eigenvalue weighted by Crippen LogP contribution is 2.37. The van der Waals surface area contributed by atoms with Crippen molar-refractivity contribution in [1.29, 1.82) is 0 Å². The summed E-state index contributed by atoms with van der Waals surface area (Å²) in [4.78, 5) is 24.3. The lowest BCUT2D eigenvalue weighted by molar-refractivity contribution is -0.131. The van der Waals surface area contributed by atoms with Gasteiger partial charge in [-0.2, -0.15) is 0 Å². The molecule has 0 atom stereocenters. The van der Waals surface area contributed by atoms with E-state index in [-0.39, 0.29) is 5.78 Å². The van der Waals surface area contributed by atoms with Crippen LogP contribution in [-0.2, 0) is 11.2 Å². The average molecular weight is 466 g/mol. The summed E-state index contributed by atoms with van der Waals surface area (Å²) < 4.78 is 12.0. The maximum absolute atomic E-state index is 13.1. The van der Waals surface area contributed by atoms with E-state index in [2.05, 4.69) is 31.9 Å². The summed E-state index contributed by atoms with van der Waals surface area (Å²) in [7, 11) is 0. The Kier molecular flexibility index (Phi) is 5.11. The Morgan fingerprint density at radius 2 is 1.76 bits per heavy atom.